The van der Waals surface area contributed by atoms with E-state index >= 15 is 0 Å². The second-order valence-corrected chi connectivity index (χ2v) is 3.86. The van der Waals surface area contributed by atoms with Crippen molar-refractivity contribution in [3.8, 4) is 0 Å². The van der Waals surface area contributed by atoms with Crippen LogP contribution in [-0.2, 0) is 4.74 Å². The summed E-state index contributed by atoms with van der Waals surface area (Å²) in [6.07, 6.45) is 10.3. The Morgan fingerprint density at radius 1 is 1.08 bits per heavy atom. The van der Waals surface area contributed by atoms with Crippen molar-refractivity contribution in [3.63, 3.8) is 0 Å². The SMILES string of the molecule is CCCCCC1CCC(CC)O1. The van der Waals surface area contributed by atoms with Crippen LogP contribution in [0, 0.1) is 0 Å². The van der Waals surface area contributed by atoms with Gasteiger partial charge in [0.25, 0.3) is 0 Å². The van der Waals surface area contributed by atoms with Gasteiger partial charge in [0.15, 0.2) is 0 Å². The Kier molecular flexibility index (Phi) is 4.67. The van der Waals surface area contributed by atoms with Crippen LogP contribution >= 0.6 is 0 Å². The molecule has 1 aliphatic heterocycles. The van der Waals surface area contributed by atoms with Crippen LogP contribution in [0.25, 0.3) is 0 Å². The summed E-state index contributed by atoms with van der Waals surface area (Å²) in [5.41, 5.74) is 0. The Hall–Kier alpha value is -0.0400. The number of unbranched alkanes of at least 4 members (excludes halogenated alkanes) is 2. The second kappa shape index (κ2) is 5.58. The Balaban J connectivity index is 2.03. The highest BCUT2D eigenvalue weighted by Gasteiger charge is 2.22. The molecule has 2 atom stereocenters. The maximum absolute atomic E-state index is 5.86. The van der Waals surface area contributed by atoms with Crippen LogP contribution in [0.1, 0.15) is 58.8 Å². The van der Waals surface area contributed by atoms with Crippen LogP contribution in [0.2, 0.25) is 0 Å². The maximum atomic E-state index is 5.86. The predicted molar refractivity (Wildman–Crippen MR) is 52.3 cm³/mol. The van der Waals surface area contributed by atoms with Crippen LogP contribution in [0.4, 0.5) is 0 Å². The van der Waals surface area contributed by atoms with Crippen molar-refractivity contribution < 1.29 is 4.74 Å². The van der Waals surface area contributed by atoms with Crippen LogP contribution in [0.5, 0.6) is 0 Å². The summed E-state index contributed by atoms with van der Waals surface area (Å²) in [6, 6.07) is 0. The summed E-state index contributed by atoms with van der Waals surface area (Å²) in [4.78, 5) is 0. The Labute approximate surface area is 76.5 Å². The Morgan fingerprint density at radius 2 is 1.83 bits per heavy atom. The predicted octanol–water partition coefficient (Wildman–Crippen LogP) is 3.52. The number of hydrogen-bond acceptors (Lipinski definition) is 1. The van der Waals surface area contributed by atoms with Gasteiger partial charge in [0.2, 0.25) is 0 Å². The van der Waals surface area contributed by atoms with E-state index in [1.165, 1.54) is 44.9 Å². The third kappa shape index (κ3) is 3.14. The van der Waals surface area contributed by atoms with Gasteiger partial charge in [-0.2, -0.15) is 0 Å². The van der Waals surface area contributed by atoms with Gasteiger partial charge in [-0.15, -0.1) is 0 Å². The van der Waals surface area contributed by atoms with Crippen LogP contribution in [0.3, 0.4) is 0 Å². The fourth-order valence-electron chi connectivity index (χ4n) is 1.91. The van der Waals surface area contributed by atoms with Gasteiger partial charge in [-0.1, -0.05) is 33.1 Å². The largest absolute Gasteiger partial charge is 0.375 e. The molecule has 0 aromatic rings. The van der Waals surface area contributed by atoms with Gasteiger partial charge < -0.3 is 4.74 Å². The summed E-state index contributed by atoms with van der Waals surface area (Å²) < 4.78 is 5.86. The van der Waals surface area contributed by atoms with E-state index in [1.807, 2.05) is 0 Å². The lowest BCUT2D eigenvalue weighted by molar-refractivity contribution is 0.0375. The van der Waals surface area contributed by atoms with Crippen molar-refractivity contribution in [2.45, 2.75) is 71.0 Å². The topological polar surface area (TPSA) is 9.23 Å². The van der Waals surface area contributed by atoms with Crippen molar-refractivity contribution in [2.75, 3.05) is 0 Å². The molecule has 1 rings (SSSR count). The molecule has 1 fully saturated rings. The molecular weight excluding hydrogens is 148 g/mol. The number of ether oxygens (including phenoxy) is 1. The standard InChI is InChI=1S/C11H22O/c1-3-5-6-7-11-9-8-10(4-2)12-11/h10-11H,3-9H2,1-2H3. The minimum absolute atomic E-state index is 0.580. The summed E-state index contributed by atoms with van der Waals surface area (Å²) in [5.74, 6) is 0. The van der Waals surface area contributed by atoms with E-state index < -0.39 is 0 Å². The first kappa shape index (κ1) is 10.0. The van der Waals surface area contributed by atoms with E-state index in [2.05, 4.69) is 13.8 Å². The molecule has 0 aliphatic carbocycles. The molecule has 0 amide bonds. The van der Waals surface area contributed by atoms with Crippen molar-refractivity contribution in [1.82, 2.24) is 0 Å². The zero-order valence-corrected chi connectivity index (χ0v) is 8.51. The van der Waals surface area contributed by atoms with Crippen LogP contribution in [-0.4, -0.2) is 12.2 Å². The Morgan fingerprint density at radius 3 is 2.42 bits per heavy atom. The number of hydrogen-bond donors (Lipinski definition) is 0. The van der Waals surface area contributed by atoms with Gasteiger partial charge in [0.05, 0.1) is 12.2 Å². The van der Waals surface area contributed by atoms with E-state index in [0.717, 1.165) is 0 Å². The van der Waals surface area contributed by atoms with Crippen LogP contribution < -0.4 is 0 Å². The zero-order valence-electron chi connectivity index (χ0n) is 8.51. The van der Waals surface area contributed by atoms with Gasteiger partial charge in [-0.3, -0.25) is 0 Å². The first-order valence-corrected chi connectivity index (χ1v) is 5.52. The first-order chi connectivity index (χ1) is 5.86. The molecule has 1 aliphatic rings. The van der Waals surface area contributed by atoms with Gasteiger partial charge in [0, 0.05) is 0 Å². The van der Waals surface area contributed by atoms with E-state index in [9.17, 15) is 0 Å². The number of rotatable bonds is 5. The third-order valence-electron chi connectivity index (χ3n) is 2.78. The van der Waals surface area contributed by atoms with Gasteiger partial charge in [0.1, 0.15) is 0 Å². The highest BCUT2D eigenvalue weighted by Crippen LogP contribution is 2.25. The maximum Gasteiger partial charge on any atom is 0.0579 e. The molecule has 0 spiro atoms. The van der Waals surface area contributed by atoms with Crippen LogP contribution in [0.15, 0.2) is 0 Å². The van der Waals surface area contributed by atoms with E-state index in [4.69, 9.17) is 4.74 Å². The van der Waals surface area contributed by atoms with Crippen molar-refractivity contribution >= 4 is 0 Å². The normalized spacial score (nSPS) is 29.5. The van der Waals surface area contributed by atoms with Crippen molar-refractivity contribution in [3.05, 3.63) is 0 Å². The smallest absolute Gasteiger partial charge is 0.0579 e. The molecule has 0 N–H and O–H groups in total. The minimum Gasteiger partial charge on any atom is -0.375 e. The van der Waals surface area contributed by atoms with E-state index in [0.29, 0.717) is 12.2 Å². The summed E-state index contributed by atoms with van der Waals surface area (Å²) >= 11 is 0. The third-order valence-corrected chi connectivity index (χ3v) is 2.78. The van der Waals surface area contributed by atoms with Gasteiger partial charge in [-0.25, -0.2) is 0 Å². The van der Waals surface area contributed by atoms with Gasteiger partial charge in [-0.05, 0) is 25.7 Å². The van der Waals surface area contributed by atoms with Gasteiger partial charge >= 0.3 is 0 Å². The first-order valence-electron chi connectivity index (χ1n) is 5.52. The molecule has 0 saturated carbocycles. The second-order valence-electron chi connectivity index (χ2n) is 3.86. The molecule has 1 heterocycles. The highest BCUT2D eigenvalue weighted by atomic mass is 16.5. The minimum atomic E-state index is 0.580. The van der Waals surface area contributed by atoms with E-state index in [1.54, 1.807) is 0 Å². The zero-order chi connectivity index (χ0) is 8.81. The molecule has 0 aromatic heterocycles. The molecule has 1 heteroatoms. The highest BCUT2D eigenvalue weighted by molar-refractivity contribution is 4.72. The summed E-state index contributed by atoms with van der Waals surface area (Å²) in [5, 5.41) is 0. The molecule has 0 bridgehead atoms. The molecule has 1 saturated heterocycles. The summed E-state index contributed by atoms with van der Waals surface area (Å²) in [7, 11) is 0. The van der Waals surface area contributed by atoms with E-state index in [-0.39, 0.29) is 0 Å². The van der Waals surface area contributed by atoms with Crippen molar-refractivity contribution in [1.29, 1.82) is 0 Å². The monoisotopic (exact) mass is 170 g/mol. The average Bonchev–Trinajstić information content (AvgIpc) is 2.53. The quantitative estimate of drug-likeness (QED) is 0.574. The fraction of sp³-hybridized carbons (Fsp3) is 1.00. The molecular formula is C11H22O. The fourth-order valence-corrected chi connectivity index (χ4v) is 1.91. The molecule has 1 nitrogen and oxygen atoms in total. The molecule has 2 unspecified atom stereocenters. The molecule has 12 heavy (non-hydrogen) atoms. The lowest BCUT2D eigenvalue weighted by Gasteiger charge is -2.11. The lowest BCUT2D eigenvalue weighted by Crippen LogP contribution is -2.09. The molecule has 0 aromatic carbocycles. The molecule has 0 radical (unpaired) electrons. The summed E-state index contributed by atoms with van der Waals surface area (Å²) in [6.45, 7) is 4.48. The lowest BCUT2D eigenvalue weighted by atomic mass is 10.1. The van der Waals surface area contributed by atoms with Crippen molar-refractivity contribution in [2.24, 2.45) is 0 Å². The Bertz CT molecular complexity index is 112. The molecule has 72 valence electrons. The average molecular weight is 170 g/mol.